The van der Waals surface area contributed by atoms with Crippen molar-refractivity contribution < 1.29 is 9.47 Å². The SMILES string of the molecule is COc1ccc2[nH]c(-c3c(OCCc4ccccc4)cc[nH]c3=O)cc2c1. The highest BCUT2D eigenvalue weighted by Gasteiger charge is 2.14. The fourth-order valence-corrected chi connectivity index (χ4v) is 3.13. The van der Waals surface area contributed by atoms with Crippen molar-refractivity contribution in [2.24, 2.45) is 0 Å². The zero-order chi connectivity index (χ0) is 18.6. The Kier molecular flexibility index (Phi) is 4.66. The van der Waals surface area contributed by atoms with Crippen LogP contribution in [0.1, 0.15) is 5.56 Å². The van der Waals surface area contributed by atoms with Crippen LogP contribution in [0.25, 0.3) is 22.2 Å². The van der Waals surface area contributed by atoms with E-state index in [1.54, 1.807) is 19.4 Å². The third kappa shape index (κ3) is 3.58. The zero-order valence-electron chi connectivity index (χ0n) is 15.0. The second kappa shape index (κ2) is 7.41. The molecule has 5 nitrogen and oxygen atoms in total. The van der Waals surface area contributed by atoms with Crippen LogP contribution < -0.4 is 15.0 Å². The van der Waals surface area contributed by atoms with Gasteiger partial charge in [-0.2, -0.15) is 0 Å². The predicted octanol–water partition coefficient (Wildman–Crippen LogP) is 4.15. The summed E-state index contributed by atoms with van der Waals surface area (Å²) in [6.07, 6.45) is 2.38. The summed E-state index contributed by atoms with van der Waals surface area (Å²) in [5.41, 5.74) is 3.16. The van der Waals surface area contributed by atoms with E-state index in [0.29, 0.717) is 17.9 Å². The maximum atomic E-state index is 12.5. The molecule has 0 aliphatic rings. The topological polar surface area (TPSA) is 67.1 Å². The highest BCUT2D eigenvalue weighted by Crippen LogP contribution is 2.30. The summed E-state index contributed by atoms with van der Waals surface area (Å²) in [6, 6.07) is 19.6. The summed E-state index contributed by atoms with van der Waals surface area (Å²) in [4.78, 5) is 18.5. The van der Waals surface area contributed by atoms with Gasteiger partial charge in [-0.05, 0) is 35.9 Å². The van der Waals surface area contributed by atoms with E-state index < -0.39 is 0 Å². The number of hydrogen-bond donors (Lipinski definition) is 2. The fourth-order valence-electron chi connectivity index (χ4n) is 3.13. The summed E-state index contributed by atoms with van der Waals surface area (Å²) >= 11 is 0. The van der Waals surface area contributed by atoms with Gasteiger partial charge in [0.05, 0.1) is 19.4 Å². The summed E-state index contributed by atoms with van der Waals surface area (Å²) in [7, 11) is 1.63. The average Bonchev–Trinajstić information content (AvgIpc) is 3.11. The van der Waals surface area contributed by atoms with Gasteiger partial charge < -0.3 is 19.4 Å². The third-order valence-corrected chi connectivity index (χ3v) is 4.51. The molecule has 0 fully saturated rings. The maximum absolute atomic E-state index is 12.5. The van der Waals surface area contributed by atoms with Gasteiger partial charge in [0.25, 0.3) is 5.56 Å². The van der Waals surface area contributed by atoms with Gasteiger partial charge in [0.2, 0.25) is 0 Å². The minimum atomic E-state index is -0.189. The van der Waals surface area contributed by atoms with Crippen LogP contribution in [-0.4, -0.2) is 23.7 Å². The minimum absolute atomic E-state index is 0.189. The van der Waals surface area contributed by atoms with Crippen LogP contribution in [0.5, 0.6) is 11.5 Å². The van der Waals surface area contributed by atoms with E-state index >= 15 is 0 Å². The van der Waals surface area contributed by atoms with Crippen LogP contribution in [0.2, 0.25) is 0 Å². The van der Waals surface area contributed by atoms with E-state index in [-0.39, 0.29) is 5.56 Å². The molecule has 2 heterocycles. The van der Waals surface area contributed by atoms with Crippen molar-refractivity contribution in [2.75, 3.05) is 13.7 Å². The molecule has 0 spiro atoms. The van der Waals surface area contributed by atoms with E-state index in [1.807, 2.05) is 42.5 Å². The second-order valence-corrected chi connectivity index (χ2v) is 6.27. The van der Waals surface area contributed by atoms with Gasteiger partial charge in [-0.15, -0.1) is 0 Å². The predicted molar refractivity (Wildman–Crippen MR) is 107 cm³/mol. The number of nitrogens with one attached hydrogen (secondary N) is 2. The summed E-state index contributed by atoms with van der Waals surface area (Å²) < 4.78 is 11.2. The lowest BCUT2D eigenvalue weighted by Crippen LogP contribution is -2.12. The van der Waals surface area contributed by atoms with Gasteiger partial charge in [0, 0.05) is 23.5 Å². The molecule has 0 saturated carbocycles. The van der Waals surface area contributed by atoms with Crippen LogP contribution in [0.3, 0.4) is 0 Å². The molecule has 2 aromatic heterocycles. The van der Waals surface area contributed by atoms with Crippen molar-refractivity contribution in [1.29, 1.82) is 0 Å². The highest BCUT2D eigenvalue weighted by molar-refractivity contribution is 5.87. The molecule has 0 saturated heterocycles. The number of aromatic nitrogens is 2. The highest BCUT2D eigenvalue weighted by atomic mass is 16.5. The molecular weight excluding hydrogens is 340 g/mol. The zero-order valence-corrected chi connectivity index (χ0v) is 15.0. The fraction of sp³-hybridized carbons (Fsp3) is 0.136. The van der Waals surface area contributed by atoms with Crippen molar-refractivity contribution in [2.45, 2.75) is 6.42 Å². The number of hydrogen-bond acceptors (Lipinski definition) is 3. The van der Waals surface area contributed by atoms with Crippen molar-refractivity contribution in [3.05, 3.63) is 82.8 Å². The number of methoxy groups -OCH3 is 1. The lowest BCUT2D eigenvalue weighted by atomic mass is 10.1. The summed E-state index contributed by atoms with van der Waals surface area (Å²) in [5, 5.41) is 0.975. The lowest BCUT2D eigenvalue weighted by molar-refractivity contribution is 0.322. The molecule has 0 amide bonds. The number of pyridine rings is 1. The van der Waals surface area contributed by atoms with Crippen LogP contribution in [-0.2, 0) is 6.42 Å². The van der Waals surface area contributed by atoms with Crippen LogP contribution >= 0.6 is 0 Å². The first-order chi connectivity index (χ1) is 13.2. The first-order valence-corrected chi connectivity index (χ1v) is 8.80. The first kappa shape index (κ1) is 17.0. The molecule has 4 aromatic rings. The molecule has 0 aliphatic carbocycles. The Hall–Kier alpha value is -3.47. The number of fused-ring (bicyclic) bond motifs is 1. The van der Waals surface area contributed by atoms with E-state index in [9.17, 15) is 4.79 Å². The van der Waals surface area contributed by atoms with E-state index in [1.165, 1.54) is 5.56 Å². The van der Waals surface area contributed by atoms with E-state index in [2.05, 4.69) is 22.1 Å². The van der Waals surface area contributed by atoms with E-state index in [0.717, 1.165) is 28.8 Å². The molecule has 27 heavy (non-hydrogen) atoms. The number of benzene rings is 2. The van der Waals surface area contributed by atoms with Crippen LogP contribution in [0.15, 0.2) is 71.7 Å². The van der Waals surface area contributed by atoms with Crippen molar-refractivity contribution in [1.82, 2.24) is 9.97 Å². The van der Waals surface area contributed by atoms with Crippen molar-refractivity contribution >= 4 is 10.9 Å². The molecule has 136 valence electrons. The normalized spacial score (nSPS) is 10.9. The molecular formula is C22H20N2O3. The standard InChI is InChI=1S/C22H20N2O3/c1-26-17-7-8-18-16(13-17)14-19(24-18)21-20(9-11-23-22(21)25)27-12-10-15-5-3-2-4-6-15/h2-9,11,13-14,24H,10,12H2,1H3,(H,23,25). The number of aromatic amines is 2. The summed E-state index contributed by atoms with van der Waals surface area (Å²) in [6.45, 7) is 0.495. The number of rotatable bonds is 6. The van der Waals surface area contributed by atoms with Gasteiger partial charge in [-0.3, -0.25) is 4.79 Å². The lowest BCUT2D eigenvalue weighted by Gasteiger charge is -2.10. The molecule has 0 aliphatic heterocycles. The van der Waals surface area contributed by atoms with Crippen molar-refractivity contribution in [3.8, 4) is 22.8 Å². The second-order valence-electron chi connectivity index (χ2n) is 6.27. The monoisotopic (exact) mass is 360 g/mol. The molecule has 2 aromatic carbocycles. The van der Waals surface area contributed by atoms with Crippen LogP contribution in [0, 0.1) is 0 Å². The van der Waals surface area contributed by atoms with Gasteiger partial charge in [0.15, 0.2) is 0 Å². The van der Waals surface area contributed by atoms with Gasteiger partial charge >= 0.3 is 0 Å². The van der Waals surface area contributed by atoms with E-state index in [4.69, 9.17) is 9.47 Å². The smallest absolute Gasteiger partial charge is 0.261 e. The Bertz CT molecular complexity index is 1110. The van der Waals surface area contributed by atoms with Gasteiger partial charge in [0.1, 0.15) is 17.1 Å². The first-order valence-electron chi connectivity index (χ1n) is 8.80. The molecule has 0 bridgehead atoms. The quantitative estimate of drug-likeness (QED) is 0.543. The van der Waals surface area contributed by atoms with Gasteiger partial charge in [-0.1, -0.05) is 30.3 Å². The molecule has 0 radical (unpaired) electrons. The maximum Gasteiger partial charge on any atom is 0.261 e. The Morgan fingerprint density at radius 3 is 2.67 bits per heavy atom. The average molecular weight is 360 g/mol. The summed E-state index contributed by atoms with van der Waals surface area (Å²) in [5.74, 6) is 1.34. The molecule has 2 N–H and O–H groups in total. The molecule has 5 heteroatoms. The Labute approximate surface area is 156 Å². The minimum Gasteiger partial charge on any atom is -0.497 e. The molecule has 0 unspecified atom stereocenters. The third-order valence-electron chi connectivity index (χ3n) is 4.51. The van der Waals surface area contributed by atoms with Gasteiger partial charge in [-0.25, -0.2) is 0 Å². The Morgan fingerprint density at radius 2 is 1.85 bits per heavy atom. The Morgan fingerprint density at radius 1 is 1.00 bits per heavy atom. The van der Waals surface area contributed by atoms with Crippen LogP contribution in [0.4, 0.5) is 0 Å². The molecule has 0 atom stereocenters. The molecule has 4 rings (SSSR count). The number of H-pyrrole nitrogens is 2. The number of ether oxygens (including phenoxy) is 2. The Balaban J connectivity index is 1.63. The largest absolute Gasteiger partial charge is 0.497 e. The van der Waals surface area contributed by atoms with Crippen molar-refractivity contribution in [3.63, 3.8) is 0 Å².